The van der Waals surface area contributed by atoms with E-state index in [4.69, 9.17) is 0 Å². The Balaban J connectivity index is 0.963. The molecule has 0 atom stereocenters. The van der Waals surface area contributed by atoms with E-state index in [0.29, 0.717) is 0 Å². The van der Waals surface area contributed by atoms with Crippen molar-refractivity contribution in [3.8, 4) is 39.1 Å². The standard InChI is InChI=1S/C60H40N2/c1-2-14-41(15-3-1)42-28-34-47(35-29-42)61(49-38-32-45(33-39-49)56-40-46-27-26-43-16-4-5-18-51(43)60(46)55-22-7-6-19-52(55)56)48-36-30-44(31-37-48)50-17-8-11-23-57(50)62-58-24-12-9-20-53(58)54-21-10-13-25-59(54)62/h1-40H. The van der Waals surface area contributed by atoms with Crippen molar-refractivity contribution >= 4 is 71.2 Å². The van der Waals surface area contributed by atoms with E-state index in [0.717, 1.165) is 28.3 Å². The van der Waals surface area contributed by atoms with Crippen LogP contribution >= 0.6 is 0 Å². The normalized spacial score (nSPS) is 11.5. The van der Waals surface area contributed by atoms with Crippen LogP contribution < -0.4 is 4.90 Å². The molecule has 0 fully saturated rings. The first-order chi connectivity index (χ1) is 30.8. The van der Waals surface area contributed by atoms with Gasteiger partial charge in [0.15, 0.2) is 0 Å². The lowest BCUT2D eigenvalue weighted by Gasteiger charge is -2.26. The summed E-state index contributed by atoms with van der Waals surface area (Å²) in [5.41, 5.74) is 14.0. The molecule has 0 N–H and O–H groups in total. The Morgan fingerprint density at radius 1 is 0.274 bits per heavy atom. The highest BCUT2D eigenvalue weighted by atomic mass is 15.1. The Morgan fingerprint density at radius 3 is 1.37 bits per heavy atom. The average Bonchev–Trinajstić information content (AvgIpc) is 3.69. The lowest BCUT2D eigenvalue weighted by atomic mass is 9.90. The summed E-state index contributed by atoms with van der Waals surface area (Å²) < 4.78 is 2.41. The lowest BCUT2D eigenvalue weighted by molar-refractivity contribution is 1.18. The van der Waals surface area contributed by atoms with Gasteiger partial charge in [-0.1, -0.05) is 182 Å². The highest BCUT2D eigenvalue weighted by Gasteiger charge is 2.18. The monoisotopic (exact) mass is 788 g/mol. The van der Waals surface area contributed by atoms with Gasteiger partial charge in [-0.05, 0) is 121 Å². The summed E-state index contributed by atoms with van der Waals surface area (Å²) in [4.78, 5) is 2.37. The van der Waals surface area contributed by atoms with Crippen LogP contribution in [0.2, 0.25) is 0 Å². The number of rotatable bonds is 7. The van der Waals surface area contributed by atoms with Crippen LogP contribution in [0.4, 0.5) is 17.1 Å². The zero-order valence-electron chi connectivity index (χ0n) is 34.0. The quantitative estimate of drug-likeness (QED) is 0.146. The topological polar surface area (TPSA) is 8.17 Å². The van der Waals surface area contributed by atoms with E-state index < -0.39 is 0 Å². The van der Waals surface area contributed by atoms with Gasteiger partial charge in [-0.25, -0.2) is 0 Å². The highest BCUT2D eigenvalue weighted by Crippen LogP contribution is 2.42. The molecule has 1 heterocycles. The predicted octanol–water partition coefficient (Wildman–Crippen LogP) is 16.7. The number of hydrogen-bond acceptors (Lipinski definition) is 1. The number of hydrogen-bond donors (Lipinski definition) is 0. The van der Waals surface area contributed by atoms with E-state index in [2.05, 4.69) is 252 Å². The van der Waals surface area contributed by atoms with E-state index in [1.165, 1.54) is 81.9 Å². The summed E-state index contributed by atoms with van der Waals surface area (Å²) >= 11 is 0. The van der Waals surface area contributed by atoms with Gasteiger partial charge < -0.3 is 9.47 Å². The van der Waals surface area contributed by atoms with Crippen molar-refractivity contribution in [1.82, 2.24) is 4.57 Å². The third kappa shape index (κ3) is 5.96. The van der Waals surface area contributed by atoms with E-state index in [9.17, 15) is 0 Å². The predicted molar refractivity (Wildman–Crippen MR) is 264 cm³/mol. The number of aromatic nitrogens is 1. The van der Waals surface area contributed by atoms with Crippen LogP contribution in [0.15, 0.2) is 243 Å². The van der Waals surface area contributed by atoms with Gasteiger partial charge in [-0.2, -0.15) is 0 Å². The van der Waals surface area contributed by atoms with E-state index in [1.807, 2.05) is 0 Å². The van der Waals surface area contributed by atoms with E-state index in [-0.39, 0.29) is 0 Å². The highest BCUT2D eigenvalue weighted by molar-refractivity contribution is 6.23. The van der Waals surface area contributed by atoms with Gasteiger partial charge in [0.05, 0.1) is 16.7 Å². The molecule has 0 aliphatic carbocycles. The molecule has 2 heteroatoms. The van der Waals surface area contributed by atoms with Gasteiger partial charge in [-0.3, -0.25) is 0 Å². The molecule has 1 aromatic heterocycles. The Hall–Kier alpha value is -8.20. The second-order valence-electron chi connectivity index (χ2n) is 16.1. The Labute approximate surface area is 360 Å². The van der Waals surface area contributed by atoms with Gasteiger partial charge in [0.1, 0.15) is 0 Å². The number of anilines is 3. The molecule has 11 aromatic carbocycles. The molecule has 0 unspecified atom stereocenters. The molecule has 12 aromatic rings. The first-order valence-electron chi connectivity index (χ1n) is 21.3. The zero-order chi connectivity index (χ0) is 41.0. The van der Waals surface area contributed by atoms with Crippen LogP contribution in [0.5, 0.6) is 0 Å². The van der Waals surface area contributed by atoms with Crippen LogP contribution in [0.3, 0.4) is 0 Å². The first kappa shape index (κ1) is 35.7. The average molecular weight is 789 g/mol. The number of fused-ring (bicyclic) bond motifs is 8. The number of para-hydroxylation sites is 3. The van der Waals surface area contributed by atoms with Crippen molar-refractivity contribution in [2.75, 3.05) is 4.90 Å². The second-order valence-corrected chi connectivity index (χ2v) is 16.1. The maximum absolute atomic E-state index is 2.41. The largest absolute Gasteiger partial charge is 0.311 e. The second kappa shape index (κ2) is 14.8. The molecule has 0 amide bonds. The molecular formula is C60H40N2. The molecule has 0 saturated carbocycles. The van der Waals surface area contributed by atoms with Gasteiger partial charge in [-0.15, -0.1) is 0 Å². The third-order valence-corrected chi connectivity index (χ3v) is 12.6. The van der Waals surface area contributed by atoms with Crippen LogP contribution in [0, 0.1) is 0 Å². The van der Waals surface area contributed by atoms with Crippen LogP contribution in [0.25, 0.3) is 93.2 Å². The van der Waals surface area contributed by atoms with Crippen LogP contribution in [0.1, 0.15) is 0 Å². The maximum atomic E-state index is 2.41. The molecule has 0 radical (unpaired) electrons. The van der Waals surface area contributed by atoms with E-state index >= 15 is 0 Å². The Bertz CT molecular complexity index is 3550. The van der Waals surface area contributed by atoms with E-state index in [1.54, 1.807) is 0 Å². The molecule has 0 saturated heterocycles. The van der Waals surface area contributed by atoms with Crippen molar-refractivity contribution in [2.45, 2.75) is 0 Å². The molecule has 290 valence electrons. The molecule has 2 nitrogen and oxygen atoms in total. The molecule has 62 heavy (non-hydrogen) atoms. The van der Waals surface area contributed by atoms with Crippen molar-refractivity contribution in [1.29, 1.82) is 0 Å². The summed E-state index contributed by atoms with van der Waals surface area (Å²) in [6.07, 6.45) is 0. The third-order valence-electron chi connectivity index (χ3n) is 12.6. The fourth-order valence-corrected chi connectivity index (χ4v) is 9.67. The molecular weight excluding hydrogens is 749 g/mol. The van der Waals surface area contributed by atoms with Crippen molar-refractivity contribution in [3.05, 3.63) is 243 Å². The Kier molecular flexibility index (Phi) is 8.53. The summed E-state index contributed by atoms with van der Waals surface area (Å²) in [5, 5.41) is 10.2. The van der Waals surface area contributed by atoms with Gasteiger partial charge in [0.25, 0.3) is 0 Å². The zero-order valence-corrected chi connectivity index (χ0v) is 34.0. The minimum Gasteiger partial charge on any atom is -0.311 e. The smallest absolute Gasteiger partial charge is 0.0541 e. The SMILES string of the molecule is c1ccc(-c2ccc(N(c3ccc(-c4ccccc4-n4c5ccccc5c5ccccc54)cc3)c3ccc(-c4cc5ccc6ccccc6c5c5ccccc45)cc3)cc2)cc1. The summed E-state index contributed by atoms with van der Waals surface area (Å²) in [6, 6.07) is 88.4. The van der Waals surface area contributed by atoms with Gasteiger partial charge in [0, 0.05) is 33.4 Å². The number of benzene rings is 11. The fourth-order valence-electron chi connectivity index (χ4n) is 9.67. The van der Waals surface area contributed by atoms with Gasteiger partial charge in [0.2, 0.25) is 0 Å². The molecule has 0 spiro atoms. The maximum Gasteiger partial charge on any atom is 0.0541 e. The molecule has 0 aliphatic heterocycles. The van der Waals surface area contributed by atoms with Crippen LogP contribution in [-0.4, -0.2) is 4.57 Å². The van der Waals surface area contributed by atoms with Crippen molar-refractivity contribution in [3.63, 3.8) is 0 Å². The summed E-state index contributed by atoms with van der Waals surface area (Å²) in [6.45, 7) is 0. The molecule has 0 bridgehead atoms. The minimum absolute atomic E-state index is 1.09. The minimum atomic E-state index is 1.09. The summed E-state index contributed by atoms with van der Waals surface area (Å²) in [5.74, 6) is 0. The van der Waals surface area contributed by atoms with Crippen LogP contribution in [-0.2, 0) is 0 Å². The van der Waals surface area contributed by atoms with Crippen molar-refractivity contribution in [2.24, 2.45) is 0 Å². The molecule has 12 rings (SSSR count). The molecule has 0 aliphatic rings. The first-order valence-corrected chi connectivity index (χ1v) is 21.3. The summed E-state index contributed by atoms with van der Waals surface area (Å²) in [7, 11) is 0. The lowest BCUT2D eigenvalue weighted by Crippen LogP contribution is -2.09. The number of nitrogens with zero attached hydrogens (tertiary/aromatic N) is 2. The Morgan fingerprint density at radius 2 is 0.726 bits per heavy atom. The van der Waals surface area contributed by atoms with Gasteiger partial charge >= 0.3 is 0 Å². The fraction of sp³-hybridized carbons (Fsp3) is 0. The van der Waals surface area contributed by atoms with Crippen molar-refractivity contribution < 1.29 is 0 Å².